The lowest BCUT2D eigenvalue weighted by atomic mass is 10.1. The molecule has 0 aliphatic heterocycles. The quantitative estimate of drug-likeness (QED) is 0.140. The third-order valence-electron chi connectivity index (χ3n) is 4.13. The molecule has 0 saturated carbocycles. The largest absolute Gasteiger partial charge is 0.278 e. The molecule has 0 aliphatic carbocycles. The molecule has 0 spiro atoms. The van der Waals surface area contributed by atoms with Gasteiger partial charge in [0.15, 0.2) is 0 Å². The molecule has 0 atom stereocenters. The second-order valence-corrected chi connectivity index (χ2v) is 6.44. The Balaban J connectivity index is 2.11. The minimum atomic E-state index is -0.850. The normalized spacial score (nSPS) is 10.7. The fourth-order valence-corrected chi connectivity index (χ4v) is 2.54. The molecule has 12 nitrogen and oxygen atoms in total. The Kier molecular flexibility index (Phi) is 9.07. The van der Waals surface area contributed by atoms with Gasteiger partial charge in [0.1, 0.15) is 5.57 Å². The van der Waals surface area contributed by atoms with Crippen molar-refractivity contribution in [3.8, 4) is 0 Å². The van der Waals surface area contributed by atoms with Crippen molar-refractivity contribution in [2.45, 2.75) is 19.8 Å². The summed E-state index contributed by atoms with van der Waals surface area (Å²) in [6.07, 6.45) is 4.66. The average molecular weight is 452 g/mol. The number of carbonyl (C=O) groups excluding carboxylic acids is 2. The van der Waals surface area contributed by atoms with E-state index in [1.54, 1.807) is 12.1 Å². The first-order chi connectivity index (χ1) is 15.8. The highest BCUT2D eigenvalue weighted by Crippen LogP contribution is 2.16. The first-order valence-electron chi connectivity index (χ1n) is 9.69. The molecule has 0 bridgehead atoms. The van der Waals surface area contributed by atoms with Gasteiger partial charge in [-0.2, -0.15) is 10.2 Å². The molecule has 2 aromatic carbocycles. The molecule has 0 radical (unpaired) electrons. The van der Waals surface area contributed by atoms with Crippen LogP contribution in [0.25, 0.3) is 0 Å². The van der Waals surface area contributed by atoms with Crippen molar-refractivity contribution in [3.63, 3.8) is 0 Å². The first-order valence-corrected chi connectivity index (χ1v) is 9.69. The summed E-state index contributed by atoms with van der Waals surface area (Å²) in [7, 11) is 0. The zero-order chi connectivity index (χ0) is 24.2. The van der Waals surface area contributed by atoms with Crippen LogP contribution in [0.2, 0.25) is 0 Å². The predicted octanol–water partition coefficient (Wildman–Crippen LogP) is 2.83. The van der Waals surface area contributed by atoms with Crippen molar-refractivity contribution in [1.82, 2.24) is 10.9 Å². The molecule has 2 N–H and O–H groups in total. The number of hydrogen-bond acceptors (Lipinski definition) is 8. The summed E-state index contributed by atoms with van der Waals surface area (Å²) in [6.45, 7) is 1.85. The standard InChI is InChI=1S/C21H20N6O6/c1-2-3-10-17(20(28)24-22-13-15-8-4-6-11-18(15)26(30)31)21(29)25-23-14-16-9-5-7-12-19(16)27(32)33/h4-14H,2-3H2,1H3,(H,24,28)(H,25,29)/b22-13+,23-14+. The smallest absolute Gasteiger partial charge is 0.267 e. The number of benzene rings is 2. The number of hydrazone groups is 2. The fraction of sp³-hybridized carbons (Fsp3) is 0.143. The van der Waals surface area contributed by atoms with E-state index >= 15 is 0 Å². The summed E-state index contributed by atoms with van der Waals surface area (Å²) in [5.74, 6) is -1.70. The Hall–Kier alpha value is -4.74. The van der Waals surface area contributed by atoms with Gasteiger partial charge in [-0.1, -0.05) is 43.7 Å². The van der Waals surface area contributed by atoms with Crippen molar-refractivity contribution in [2.24, 2.45) is 10.2 Å². The minimum absolute atomic E-state index is 0.167. The van der Waals surface area contributed by atoms with E-state index in [1.807, 2.05) is 6.92 Å². The number of amides is 2. The third kappa shape index (κ3) is 7.17. The molecule has 0 unspecified atom stereocenters. The molecule has 0 heterocycles. The zero-order valence-electron chi connectivity index (χ0n) is 17.5. The minimum Gasteiger partial charge on any atom is -0.267 e. The van der Waals surface area contributed by atoms with E-state index in [9.17, 15) is 29.8 Å². The monoisotopic (exact) mass is 452 g/mol. The summed E-state index contributed by atoms with van der Waals surface area (Å²) in [4.78, 5) is 45.8. The van der Waals surface area contributed by atoms with Gasteiger partial charge in [0, 0.05) is 12.1 Å². The fourth-order valence-electron chi connectivity index (χ4n) is 2.54. The maximum atomic E-state index is 12.4. The molecule has 12 heteroatoms. The van der Waals surface area contributed by atoms with E-state index in [0.29, 0.717) is 12.8 Å². The Bertz CT molecular complexity index is 1060. The lowest BCUT2D eigenvalue weighted by molar-refractivity contribution is -0.385. The lowest BCUT2D eigenvalue weighted by Crippen LogP contribution is -2.30. The van der Waals surface area contributed by atoms with Gasteiger partial charge in [0.2, 0.25) is 0 Å². The number of unbranched alkanes of at least 4 members (excludes halogenated alkanes) is 1. The van der Waals surface area contributed by atoms with E-state index in [0.717, 1.165) is 12.4 Å². The number of rotatable bonds is 10. The topological polar surface area (TPSA) is 169 Å². The van der Waals surface area contributed by atoms with E-state index in [2.05, 4.69) is 21.1 Å². The van der Waals surface area contributed by atoms with Crippen LogP contribution in [0.1, 0.15) is 30.9 Å². The van der Waals surface area contributed by atoms with Crippen LogP contribution in [-0.2, 0) is 9.59 Å². The number of nitro benzene ring substituents is 2. The second-order valence-electron chi connectivity index (χ2n) is 6.44. The molecule has 2 aromatic rings. The highest BCUT2D eigenvalue weighted by molar-refractivity contribution is 6.18. The van der Waals surface area contributed by atoms with Crippen LogP contribution < -0.4 is 10.9 Å². The van der Waals surface area contributed by atoms with E-state index < -0.39 is 21.7 Å². The number of allylic oxidation sites excluding steroid dienone is 1. The molecule has 170 valence electrons. The number of nitro groups is 2. The van der Waals surface area contributed by atoms with Crippen molar-refractivity contribution in [1.29, 1.82) is 0 Å². The molecule has 0 aromatic heterocycles. The number of para-hydroxylation sites is 2. The molecule has 33 heavy (non-hydrogen) atoms. The van der Waals surface area contributed by atoms with Crippen LogP contribution in [0.15, 0.2) is 70.4 Å². The van der Waals surface area contributed by atoms with Crippen LogP contribution in [0.5, 0.6) is 0 Å². The molecule has 0 fully saturated rings. The number of carbonyl (C=O) groups is 2. The summed E-state index contributed by atoms with van der Waals surface area (Å²) in [6, 6.07) is 11.6. The van der Waals surface area contributed by atoms with Crippen LogP contribution >= 0.6 is 0 Å². The second kappa shape index (κ2) is 12.2. The summed E-state index contributed by atoms with van der Waals surface area (Å²) >= 11 is 0. The summed E-state index contributed by atoms with van der Waals surface area (Å²) in [5.41, 5.74) is 3.98. The summed E-state index contributed by atoms with van der Waals surface area (Å²) in [5, 5.41) is 29.5. The van der Waals surface area contributed by atoms with Crippen LogP contribution in [0.4, 0.5) is 11.4 Å². The highest BCUT2D eigenvalue weighted by Gasteiger charge is 2.18. The van der Waals surface area contributed by atoms with Crippen molar-refractivity contribution in [2.75, 3.05) is 0 Å². The van der Waals surface area contributed by atoms with Gasteiger partial charge in [-0.05, 0) is 18.6 Å². The van der Waals surface area contributed by atoms with Gasteiger partial charge >= 0.3 is 0 Å². The van der Waals surface area contributed by atoms with Crippen LogP contribution in [0.3, 0.4) is 0 Å². The Morgan fingerprint density at radius 1 is 0.848 bits per heavy atom. The van der Waals surface area contributed by atoms with Gasteiger partial charge in [-0.25, -0.2) is 10.9 Å². The molecule has 0 aliphatic rings. The average Bonchev–Trinajstić information content (AvgIpc) is 2.79. The van der Waals surface area contributed by atoms with Gasteiger partial charge in [-0.3, -0.25) is 29.8 Å². The molecule has 2 amide bonds. The number of nitrogens with one attached hydrogen (secondary N) is 2. The van der Waals surface area contributed by atoms with Crippen molar-refractivity contribution < 1.29 is 19.4 Å². The summed E-state index contributed by atoms with van der Waals surface area (Å²) < 4.78 is 0. The first kappa shape index (κ1) is 24.5. The van der Waals surface area contributed by atoms with Crippen LogP contribution in [0, 0.1) is 20.2 Å². The Morgan fingerprint density at radius 3 is 1.67 bits per heavy atom. The van der Waals surface area contributed by atoms with E-state index in [4.69, 9.17) is 0 Å². The SMILES string of the molecule is CCCC=C(C(=O)N/N=C/c1ccccc1[N+](=O)[O-])C(=O)N/N=C/c1ccccc1[N+](=O)[O-]. The van der Waals surface area contributed by atoms with E-state index in [-0.39, 0.29) is 28.1 Å². The number of hydrogen-bond donors (Lipinski definition) is 2. The molecule has 0 saturated heterocycles. The van der Waals surface area contributed by atoms with Crippen molar-refractivity contribution in [3.05, 3.63) is 91.5 Å². The van der Waals surface area contributed by atoms with Gasteiger partial charge in [0.25, 0.3) is 23.2 Å². The number of nitrogens with zero attached hydrogens (tertiary/aromatic N) is 4. The molecular formula is C21H20N6O6. The maximum absolute atomic E-state index is 12.4. The Labute approximate surface area is 188 Å². The Morgan fingerprint density at radius 2 is 1.27 bits per heavy atom. The highest BCUT2D eigenvalue weighted by atomic mass is 16.6. The van der Waals surface area contributed by atoms with Gasteiger partial charge in [-0.15, -0.1) is 0 Å². The predicted molar refractivity (Wildman–Crippen MR) is 121 cm³/mol. The molecule has 2 rings (SSSR count). The maximum Gasteiger partial charge on any atom is 0.278 e. The zero-order valence-corrected chi connectivity index (χ0v) is 17.5. The van der Waals surface area contributed by atoms with Crippen molar-refractivity contribution >= 4 is 35.6 Å². The van der Waals surface area contributed by atoms with Gasteiger partial charge < -0.3 is 0 Å². The third-order valence-corrected chi connectivity index (χ3v) is 4.13. The van der Waals surface area contributed by atoms with E-state index in [1.165, 1.54) is 42.5 Å². The molecular weight excluding hydrogens is 432 g/mol. The van der Waals surface area contributed by atoms with Crippen LogP contribution in [-0.4, -0.2) is 34.1 Å². The van der Waals surface area contributed by atoms with Gasteiger partial charge in [0.05, 0.1) is 33.4 Å². The lowest BCUT2D eigenvalue weighted by Gasteiger charge is -2.05.